The third-order valence-electron chi connectivity index (χ3n) is 3.96. The van der Waals surface area contributed by atoms with Crippen LogP contribution in [0.25, 0.3) is 0 Å². The second-order valence-electron chi connectivity index (χ2n) is 5.38. The van der Waals surface area contributed by atoms with Gasteiger partial charge >= 0.3 is 0 Å². The lowest BCUT2D eigenvalue weighted by atomic mass is 9.93. The molecule has 4 nitrogen and oxygen atoms in total. The first-order valence-electron chi connectivity index (χ1n) is 7.05. The van der Waals surface area contributed by atoms with Crippen LogP contribution in [0.1, 0.15) is 55.2 Å². The largest absolute Gasteiger partial charge is 0.378 e. The lowest BCUT2D eigenvalue weighted by molar-refractivity contribution is 0.0156. The topological polar surface area (TPSA) is 61.0 Å². The van der Waals surface area contributed by atoms with Crippen LogP contribution in [0.2, 0.25) is 0 Å². The first kappa shape index (κ1) is 12.1. The highest BCUT2D eigenvalue weighted by Gasteiger charge is 2.21. The van der Waals surface area contributed by atoms with Crippen molar-refractivity contribution >= 4 is 0 Å². The van der Waals surface area contributed by atoms with Gasteiger partial charge in [0.05, 0.1) is 6.10 Å². The Morgan fingerprint density at radius 1 is 1.28 bits per heavy atom. The van der Waals surface area contributed by atoms with E-state index in [1.54, 1.807) is 0 Å². The summed E-state index contributed by atoms with van der Waals surface area (Å²) in [4.78, 5) is 9.15. The number of fused-ring (bicyclic) bond motifs is 1. The molecule has 98 valence electrons. The summed E-state index contributed by atoms with van der Waals surface area (Å²) in [5.41, 5.74) is 8.39. The molecule has 0 radical (unpaired) electrons. The highest BCUT2D eigenvalue weighted by molar-refractivity contribution is 5.24. The van der Waals surface area contributed by atoms with E-state index in [-0.39, 0.29) is 6.04 Å². The Bertz CT molecular complexity index is 416. The van der Waals surface area contributed by atoms with E-state index in [0.717, 1.165) is 55.8 Å². The lowest BCUT2D eigenvalue weighted by Crippen LogP contribution is -2.24. The molecule has 1 aromatic rings. The van der Waals surface area contributed by atoms with E-state index in [2.05, 4.69) is 9.97 Å². The molecule has 1 saturated heterocycles. The minimum Gasteiger partial charge on any atom is -0.378 e. The normalized spacial score (nSPS) is 27.8. The SMILES string of the molecule is NC1CCCc2nc(CC3CCCCO3)ncc21. The summed E-state index contributed by atoms with van der Waals surface area (Å²) in [5.74, 6) is 0.926. The smallest absolute Gasteiger partial charge is 0.131 e. The predicted octanol–water partition coefficient (Wildman–Crippen LogP) is 1.92. The van der Waals surface area contributed by atoms with Gasteiger partial charge in [-0.25, -0.2) is 9.97 Å². The van der Waals surface area contributed by atoms with Gasteiger partial charge < -0.3 is 10.5 Å². The van der Waals surface area contributed by atoms with E-state index in [9.17, 15) is 0 Å². The van der Waals surface area contributed by atoms with Crippen LogP contribution in [-0.4, -0.2) is 22.7 Å². The molecule has 0 bridgehead atoms. The summed E-state index contributed by atoms with van der Waals surface area (Å²) >= 11 is 0. The molecule has 3 rings (SSSR count). The van der Waals surface area contributed by atoms with Gasteiger partial charge in [-0.05, 0) is 38.5 Å². The van der Waals surface area contributed by atoms with Crippen molar-refractivity contribution in [2.24, 2.45) is 5.73 Å². The van der Waals surface area contributed by atoms with Crippen LogP contribution in [0.3, 0.4) is 0 Å². The zero-order valence-corrected chi connectivity index (χ0v) is 10.8. The number of hydrogen-bond acceptors (Lipinski definition) is 4. The quantitative estimate of drug-likeness (QED) is 0.867. The van der Waals surface area contributed by atoms with Gasteiger partial charge in [0.25, 0.3) is 0 Å². The van der Waals surface area contributed by atoms with Gasteiger partial charge in [0.15, 0.2) is 0 Å². The summed E-state index contributed by atoms with van der Waals surface area (Å²) in [6.45, 7) is 0.889. The average molecular weight is 247 g/mol. The zero-order chi connectivity index (χ0) is 12.4. The van der Waals surface area contributed by atoms with Crippen molar-refractivity contribution in [1.29, 1.82) is 0 Å². The molecule has 1 aliphatic heterocycles. The van der Waals surface area contributed by atoms with Gasteiger partial charge in [0.1, 0.15) is 5.82 Å². The molecule has 1 aliphatic carbocycles. The van der Waals surface area contributed by atoms with Crippen molar-refractivity contribution in [1.82, 2.24) is 9.97 Å². The van der Waals surface area contributed by atoms with Crippen LogP contribution in [0.5, 0.6) is 0 Å². The Balaban J connectivity index is 1.73. The summed E-state index contributed by atoms with van der Waals surface area (Å²) in [7, 11) is 0. The maximum atomic E-state index is 6.08. The van der Waals surface area contributed by atoms with Gasteiger partial charge in [0, 0.05) is 36.5 Å². The van der Waals surface area contributed by atoms with Crippen molar-refractivity contribution in [2.45, 2.75) is 57.1 Å². The molecule has 4 heteroatoms. The average Bonchev–Trinajstić information content (AvgIpc) is 2.40. The number of ether oxygens (including phenoxy) is 1. The van der Waals surface area contributed by atoms with Crippen molar-refractivity contribution in [3.05, 3.63) is 23.3 Å². The van der Waals surface area contributed by atoms with Crippen LogP contribution in [0.15, 0.2) is 6.20 Å². The van der Waals surface area contributed by atoms with E-state index in [4.69, 9.17) is 10.5 Å². The Hall–Kier alpha value is -1.00. The van der Waals surface area contributed by atoms with E-state index in [0.29, 0.717) is 6.10 Å². The maximum absolute atomic E-state index is 6.08. The number of aryl methyl sites for hydroxylation is 1. The number of nitrogens with two attached hydrogens (primary N) is 1. The van der Waals surface area contributed by atoms with E-state index in [1.165, 1.54) is 12.8 Å². The minimum atomic E-state index is 0.133. The molecule has 2 atom stereocenters. The van der Waals surface area contributed by atoms with Crippen molar-refractivity contribution in [3.8, 4) is 0 Å². The summed E-state index contributed by atoms with van der Waals surface area (Å²) in [5, 5.41) is 0. The van der Waals surface area contributed by atoms with Crippen LogP contribution in [-0.2, 0) is 17.6 Å². The number of nitrogens with zero attached hydrogens (tertiary/aromatic N) is 2. The van der Waals surface area contributed by atoms with Crippen LogP contribution in [0.4, 0.5) is 0 Å². The third-order valence-corrected chi connectivity index (χ3v) is 3.96. The Morgan fingerprint density at radius 3 is 3.06 bits per heavy atom. The monoisotopic (exact) mass is 247 g/mol. The summed E-state index contributed by atoms with van der Waals surface area (Å²) in [6.07, 6.45) is 9.94. The van der Waals surface area contributed by atoms with Gasteiger partial charge in [-0.15, -0.1) is 0 Å². The fourth-order valence-electron chi connectivity index (χ4n) is 2.89. The molecule has 0 spiro atoms. The van der Waals surface area contributed by atoms with E-state index in [1.807, 2.05) is 6.20 Å². The summed E-state index contributed by atoms with van der Waals surface area (Å²) < 4.78 is 5.74. The summed E-state index contributed by atoms with van der Waals surface area (Å²) in [6, 6.07) is 0.133. The molecule has 1 aromatic heterocycles. The zero-order valence-electron chi connectivity index (χ0n) is 10.8. The molecule has 2 N–H and O–H groups in total. The lowest BCUT2D eigenvalue weighted by Gasteiger charge is -2.24. The molecular weight excluding hydrogens is 226 g/mol. The Kier molecular flexibility index (Phi) is 3.57. The minimum absolute atomic E-state index is 0.133. The highest BCUT2D eigenvalue weighted by atomic mass is 16.5. The third kappa shape index (κ3) is 2.54. The molecular formula is C14H21N3O. The number of rotatable bonds is 2. The fourth-order valence-corrected chi connectivity index (χ4v) is 2.89. The van der Waals surface area contributed by atoms with Crippen LogP contribution < -0.4 is 5.73 Å². The van der Waals surface area contributed by atoms with Crippen LogP contribution >= 0.6 is 0 Å². The van der Waals surface area contributed by atoms with Gasteiger partial charge in [0.2, 0.25) is 0 Å². The molecule has 2 heterocycles. The maximum Gasteiger partial charge on any atom is 0.131 e. The number of aromatic nitrogens is 2. The van der Waals surface area contributed by atoms with Crippen LogP contribution in [0, 0.1) is 0 Å². The second-order valence-corrected chi connectivity index (χ2v) is 5.38. The van der Waals surface area contributed by atoms with Gasteiger partial charge in [-0.2, -0.15) is 0 Å². The van der Waals surface area contributed by atoms with Gasteiger partial charge in [-0.1, -0.05) is 0 Å². The second kappa shape index (κ2) is 5.33. The van der Waals surface area contributed by atoms with E-state index >= 15 is 0 Å². The first-order chi connectivity index (χ1) is 8.83. The molecule has 2 aliphatic rings. The fraction of sp³-hybridized carbons (Fsp3) is 0.714. The molecule has 0 amide bonds. The van der Waals surface area contributed by atoms with Crippen molar-refractivity contribution in [3.63, 3.8) is 0 Å². The molecule has 18 heavy (non-hydrogen) atoms. The molecule has 1 fully saturated rings. The van der Waals surface area contributed by atoms with Crippen molar-refractivity contribution < 1.29 is 4.74 Å². The molecule has 0 saturated carbocycles. The van der Waals surface area contributed by atoms with E-state index < -0.39 is 0 Å². The van der Waals surface area contributed by atoms with Gasteiger partial charge in [-0.3, -0.25) is 0 Å². The first-order valence-corrected chi connectivity index (χ1v) is 7.05. The Morgan fingerprint density at radius 2 is 2.22 bits per heavy atom. The Labute approximate surface area is 108 Å². The highest BCUT2D eigenvalue weighted by Crippen LogP contribution is 2.26. The van der Waals surface area contributed by atoms with Crippen molar-refractivity contribution in [2.75, 3.05) is 6.61 Å². The molecule has 0 aromatic carbocycles. The predicted molar refractivity (Wildman–Crippen MR) is 69.2 cm³/mol. The molecule has 2 unspecified atom stereocenters. The number of hydrogen-bond donors (Lipinski definition) is 1. The standard InChI is InChI=1S/C14H21N3O/c15-12-5-3-6-13-11(12)9-16-14(17-13)8-10-4-1-2-7-18-10/h9-10,12H,1-8,15H2.